The molecule has 0 spiro atoms. The van der Waals surface area contributed by atoms with Crippen LogP contribution in [0.2, 0.25) is 0 Å². The van der Waals surface area contributed by atoms with E-state index >= 15 is 0 Å². The quantitative estimate of drug-likeness (QED) is 0.660. The molecule has 0 saturated heterocycles. The van der Waals surface area contributed by atoms with Crippen LogP contribution in [0.5, 0.6) is 0 Å². The number of fused-ring (bicyclic) bond motifs is 2. The molecular weight excluding hydrogens is 218 g/mol. The number of nitrogens with one attached hydrogen (secondary N) is 1. The van der Waals surface area contributed by atoms with Crippen LogP contribution < -0.4 is 5.32 Å². The number of hydrogen-bond acceptors (Lipinski definition) is 1. The monoisotopic (exact) mass is 249 g/mol. The Kier molecular flexibility index (Phi) is 4.89. The molecule has 0 radical (unpaired) electrons. The molecule has 1 heteroatoms. The highest BCUT2D eigenvalue weighted by molar-refractivity contribution is 5.11. The van der Waals surface area contributed by atoms with Gasteiger partial charge in [-0.25, -0.2) is 0 Å². The van der Waals surface area contributed by atoms with Crippen LogP contribution in [0.3, 0.4) is 0 Å². The van der Waals surface area contributed by atoms with E-state index in [2.05, 4.69) is 45.2 Å². The van der Waals surface area contributed by atoms with E-state index in [9.17, 15) is 0 Å². The summed E-state index contributed by atoms with van der Waals surface area (Å²) in [6.07, 6.45) is 11.8. The summed E-state index contributed by atoms with van der Waals surface area (Å²) in [6, 6.07) is 1.38. The Bertz CT molecular complexity index is 281. The van der Waals surface area contributed by atoms with E-state index in [0.717, 1.165) is 23.7 Å². The zero-order chi connectivity index (χ0) is 13.1. The Morgan fingerprint density at radius 1 is 1.06 bits per heavy atom. The fourth-order valence-corrected chi connectivity index (χ4v) is 3.89. The molecule has 0 amide bonds. The lowest BCUT2D eigenvalue weighted by molar-refractivity contribution is 0.296. The molecule has 1 fully saturated rings. The lowest BCUT2D eigenvalue weighted by Gasteiger charge is -2.29. The van der Waals surface area contributed by atoms with Crippen LogP contribution in [0.15, 0.2) is 12.2 Å². The predicted octanol–water partition coefficient (Wildman–Crippen LogP) is 4.39. The van der Waals surface area contributed by atoms with Crippen molar-refractivity contribution in [2.75, 3.05) is 0 Å². The highest BCUT2D eigenvalue weighted by Gasteiger charge is 2.38. The average molecular weight is 249 g/mol. The Morgan fingerprint density at radius 3 is 2.39 bits per heavy atom. The van der Waals surface area contributed by atoms with Crippen LogP contribution in [-0.4, -0.2) is 12.1 Å². The molecule has 5 atom stereocenters. The second kappa shape index (κ2) is 6.23. The molecule has 5 unspecified atom stereocenters. The van der Waals surface area contributed by atoms with Crippen molar-refractivity contribution in [3.63, 3.8) is 0 Å². The van der Waals surface area contributed by atoms with E-state index in [1.165, 1.54) is 32.1 Å². The minimum absolute atomic E-state index is 0.682. The van der Waals surface area contributed by atoms with Gasteiger partial charge in [0.15, 0.2) is 0 Å². The minimum atomic E-state index is 0.682. The van der Waals surface area contributed by atoms with Crippen molar-refractivity contribution in [1.82, 2.24) is 5.32 Å². The molecule has 104 valence electrons. The lowest BCUT2D eigenvalue weighted by atomic mass is 9.87. The summed E-state index contributed by atoms with van der Waals surface area (Å²) in [5, 5.41) is 3.85. The molecule has 0 aromatic rings. The second-order valence-corrected chi connectivity index (χ2v) is 7.13. The summed E-state index contributed by atoms with van der Waals surface area (Å²) in [5.41, 5.74) is 0. The molecule has 1 N–H and O–H groups in total. The van der Waals surface area contributed by atoms with Crippen LogP contribution in [0.25, 0.3) is 0 Å². The normalized spacial score (nSPS) is 33.3. The van der Waals surface area contributed by atoms with Gasteiger partial charge >= 0.3 is 0 Å². The van der Waals surface area contributed by atoms with Gasteiger partial charge in [0.2, 0.25) is 0 Å². The molecule has 2 rings (SSSR count). The Balaban J connectivity index is 1.67. The van der Waals surface area contributed by atoms with Gasteiger partial charge in [-0.2, -0.15) is 0 Å². The van der Waals surface area contributed by atoms with Gasteiger partial charge in [0.25, 0.3) is 0 Å². The zero-order valence-corrected chi connectivity index (χ0v) is 12.7. The molecule has 1 nitrogen and oxygen atoms in total. The van der Waals surface area contributed by atoms with E-state index < -0.39 is 0 Å². The van der Waals surface area contributed by atoms with E-state index in [0.29, 0.717) is 12.1 Å². The number of allylic oxidation sites excluding steroid dienone is 2. The van der Waals surface area contributed by atoms with Crippen molar-refractivity contribution in [2.45, 2.75) is 71.9 Å². The summed E-state index contributed by atoms with van der Waals surface area (Å²) >= 11 is 0. The van der Waals surface area contributed by atoms with Crippen LogP contribution in [0, 0.1) is 23.7 Å². The highest BCUT2D eigenvalue weighted by Crippen LogP contribution is 2.44. The SMILES string of the molecule is CC(C)CCCC(C)NC(C)C1CC2C=CC1C2. The minimum Gasteiger partial charge on any atom is -0.311 e. The molecule has 2 aliphatic rings. The van der Waals surface area contributed by atoms with Gasteiger partial charge in [0, 0.05) is 12.1 Å². The largest absolute Gasteiger partial charge is 0.311 e. The van der Waals surface area contributed by atoms with Crippen LogP contribution in [0.1, 0.15) is 59.8 Å². The second-order valence-electron chi connectivity index (χ2n) is 7.13. The molecule has 1 saturated carbocycles. The first-order chi connectivity index (χ1) is 8.56. The van der Waals surface area contributed by atoms with Gasteiger partial charge in [-0.1, -0.05) is 38.8 Å². The van der Waals surface area contributed by atoms with Crippen LogP contribution in [0.4, 0.5) is 0 Å². The predicted molar refractivity (Wildman–Crippen MR) is 79.6 cm³/mol. The maximum absolute atomic E-state index is 3.85. The molecule has 0 heterocycles. The molecule has 0 aromatic heterocycles. The van der Waals surface area contributed by atoms with Crippen molar-refractivity contribution in [1.29, 1.82) is 0 Å². The van der Waals surface area contributed by atoms with Crippen molar-refractivity contribution >= 4 is 0 Å². The summed E-state index contributed by atoms with van der Waals surface area (Å²) in [6.45, 7) is 9.41. The first-order valence-corrected chi connectivity index (χ1v) is 8.00. The summed E-state index contributed by atoms with van der Waals surface area (Å²) < 4.78 is 0. The van der Waals surface area contributed by atoms with Gasteiger partial charge < -0.3 is 5.32 Å². The first kappa shape index (κ1) is 14.1. The van der Waals surface area contributed by atoms with Gasteiger partial charge in [-0.3, -0.25) is 0 Å². The topological polar surface area (TPSA) is 12.0 Å². The van der Waals surface area contributed by atoms with Crippen LogP contribution in [-0.2, 0) is 0 Å². The van der Waals surface area contributed by atoms with Crippen molar-refractivity contribution < 1.29 is 0 Å². The Labute approximate surface area is 113 Å². The first-order valence-electron chi connectivity index (χ1n) is 8.00. The molecule has 18 heavy (non-hydrogen) atoms. The number of hydrogen-bond donors (Lipinski definition) is 1. The fraction of sp³-hybridized carbons (Fsp3) is 0.882. The maximum atomic E-state index is 3.85. The third-order valence-corrected chi connectivity index (χ3v) is 4.94. The molecule has 0 aromatic carbocycles. The van der Waals surface area contributed by atoms with Gasteiger partial charge in [-0.15, -0.1) is 0 Å². The van der Waals surface area contributed by atoms with Crippen molar-refractivity contribution in [3.8, 4) is 0 Å². The Hall–Kier alpha value is -0.300. The highest BCUT2D eigenvalue weighted by atomic mass is 14.9. The smallest absolute Gasteiger partial charge is 0.00753 e. The zero-order valence-electron chi connectivity index (χ0n) is 12.7. The van der Waals surface area contributed by atoms with E-state index in [4.69, 9.17) is 0 Å². The average Bonchev–Trinajstić information content (AvgIpc) is 2.89. The van der Waals surface area contributed by atoms with Gasteiger partial charge in [-0.05, 0) is 56.8 Å². The van der Waals surface area contributed by atoms with Gasteiger partial charge in [0.1, 0.15) is 0 Å². The molecule has 2 aliphatic carbocycles. The van der Waals surface area contributed by atoms with E-state index in [-0.39, 0.29) is 0 Å². The molecule has 2 bridgehead atoms. The van der Waals surface area contributed by atoms with E-state index in [1.807, 2.05) is 0 Å². The Morgan fingerprint density at radius 2 is 1.83 bits per heavy atom. The van der Waals surface area contributed by atoms with Crippen LogP contribution >= 0.6 is 0 Å². The fourth-order valence-electron chi connectivity index (χ4n) is 3.89. The third-order valence-electron chi connectivity index (χ3n) is 4.94. The summed E-state index contributed by atoms with van der Waals surface area (Å²) in [4.78, 5) is 0. The van der Waals surface area contributed by atoms with Gasteiger partial charge in [0.05, 0.1) is 0 Å². The standard InChI is InChI=1S/C17H31N/c1-12(2)6-5-7-13(3)18-14(4)17-11-15-8-9-16(17)10-15/h8-9,12-18H,5-7,10-11H2,1-4H3. The summed E-state index contributed by atoms with van der Waals surface area (Å²) in [5.74, 6) is 3.53. The lowest BCUT2D eigenvalue weighted by Crippen LogP contribution is -2.40. The van der Waals surface area contributed by atoms with Crippen molar-refractivity contribution in [3.05, 3.63) is 12.2 Å². The maximum Gasteiger partial charge on any atom is 0.00753 e. The molecular formula is C17H31N. The number of rotatable bonds is 7. The molecule has 0 aliphatic heterocycles. The van der Waals surface area contributed by atoms with Crippen molar-refractivity contribution in [2.24, 2.45) is 23.7 Å². The third kappa shape index (κ3) is 3.60. The summed E-state index contributed by atoms with van der Waals surface area (Å²) in [7, 11) is 0. The van der Waals surface area contributed by atoms with E-state index in [1.54, 1.807) is 0 Å².